The van der Waals surface area contributed by atoms with Crippen molar-refractivity contribution in [3.63, 3.8) is 0 Å². The van der Waals surface area contributed by atoms with Gasteiger partial charge < -0.3 is 14.5 Å². The minimum absolute atomic E-state index is 0.109. The summed E-state index contributed by atoms with van der Waals surface area (Å²) in [6.07, 6.45) is 0.673. The predicted octanol–water partition coefficient (Wildman–Crippen LogP) is 3.14. The van der Waals surface area contributed by atoms with Crippen LogP contribution in [0.1, 0.15) is 5.01 Å². The molecule has 4 aromatic rings. The summed E-state index contributed by atoms with van der Waals surface area (Å²) in [5, 5.41) is 4.60. The minimum atomic E-state index is -0.424. The number of fused-ring (bicyclic) bond motifs is 2. The van der Waals surface area contributed by atoms with Gasteiger partial charge in [0, 0.05) is 30.5 Å². The Bertz CT molecular complexity index is 1130. The molecule has 0 aliphatic carbocycles. The van der Waals surface area contributed by atoms with E-state index < -0.39 is 5.63 Å². The monoisotopic (exact) mass is 380 g/mol. The van der Waals surface area contributed by atoms with Gasteiger partial charge in [0.25, 0.3) is 5.91 Å². The van der Waals surface area contributed by atoms with E-state index in [4.69, 9.17) is 9.15 Å². The topological polar surface area (TPSA) is 81.4 Å². The van der Waals surface area contributed by atoms with Crippen LogP contribution in [-0.2, 0) is 11.2 Å². The molecule has 0 saturated heterocycles. The molecule has 6 nitrogen and oxygen atoms in total. The summed E-state index contributed by atoms with van der Waals surface area (Å²) in [7, 11) is 0. The van der Waals surface area contributed by atoms with E-state index in [-0.39, 0.29) is 12.5 Å². The van der Waals surface area contributed by atoms with Gasteiger partial charge in [-0.25, -0.2) is 9.78 Å². The number of carbonyl (C=O) groups is 1. The standard InChI is InChI=1S/C20H16N2O4S/c23-18(21-10-9-19-22-15-3-1-2-4-17(15)27-19)12-25-14-7-5-13-6-8-20(24)26-16(13)11-14/h1-8,11H,9-10,12H2,(H,21,23). The minimum Gasteiger partial charge on any atom is -0.484 e. The number of aromatic nitrogens is 1. The van der Waals surface area contributed by atoms with Crippen molar-refractivity contribution in [3.05, 3.63) is 70.0 Å². The Hall–Kier alpha value is -3.19. The molecule has 2 aromatic carbocycles. The van der Waals surface area contributed by atoms with Crippen molar-refractivity contribution in [2.45, 2.75) is 6.42 Å². The van der Waals surface area contributed by atoms with E-state index in [0.29, 0.717) is 24.3 Å². The first-order chi connectivity index (χ1) is 13.2. The summed E-state index contributed by atoms with van der Waals surface area (Å²) in [5.74, 6) is 0.254. The molecule has 0 unspecified atom stereocenters. The first kappa shape index (κ1) is 17.2. The van der Waals surface area contributed by atoms with E-state index in [1.165, 1.54) is 6.07 Å². The van der Waals surface area contributed by atoms with Crippen molar-refractivity contribution in [3.8, 4) is 5.75 Å². The number of thiazole rings is 1. The molecular formula is C20H16N2O4S. The van der Waals surface area contributed by atoms with Crippen LogP contribution in [-0.4, -0.2) is 24.0 Å². The van der Waals surface area contributed by atoms with Gasteiger partial charge in [-0.3, -0.25) is 4.79 Å². The van der Waals surface area contributed by atoms with Crippen LogP contribution in [0, 0.1) is 0 Å². The van der Waals surface area contributed by atoms with E-state index in [1.807, 2.05) is 24.3 Å². The Morgan fingerprint density at radius 3 is 2.89 bits per heavy atom. The van der Waals surface area contributed by atoms with Crippen LogP contribution in [0.15, 0.2) is 63.8 Å². The lowest BCUT2D eigenvalue weighted by Crippen LogP contribution is -2.30. The quantitative estimate of drug-likeness (QED) is 0.520. The van der Waals surface area contributed by atoms with Gasteiger partial charge in [-0.15, -0.1) is 11.3 Å². The summed E-state index contributed by atoms with van der Waals surface area (Å²) in [5.41, 5.74) is 0.985. The normalized spacial score (nSPS) is 11.0. The Morgan fingerprint density at radius 2 is 2.00 bits per heavy atom. The molecule has 0 aliphatic heterocycles. The summed E-state index contributed by atoms with van der Waals surface area (Å²) >= 11 is 1.63. The molecular weight excluding hydrogens is 364 g/mol. The molecule has 4 rings (SSSR count). The van der Waals surface area contributed by atoms with Crippen LogP contribution < -0.4 is 15.7 Å². The van der Waals surface area contributed by atoms with Gasteiger partial charge in [0.1, 0.15) is 11.3 Å². The average Bonchev–Trinajstić information content (AvgIpc) is 3.08. The number of amides is 1. The molecule has 0 fully saturated rings. The molecule has 0 atom stereocenters. The van der Waals surface area contributed by atoms with Crippen molar-refractivity contribution in [1.82, 2.24) is 10.3 Å². The highest BCUT2D eigenvalue weighted by Gasteiger charge is 2.07. The number of benzene rings is 2. The molecule has 27 heavy (non-hydrogen) atoms. The Kier molecular flexibility index (Phi) is 4.84. The summed E-state index contributed by atoms with van der Waals surface area (Å²) in [6, 6.07) is 16.1. The highest BCUT2D eigenvalue weighted by atomic mass is 32.1. The number of nitrogens with one attached hydrogen (secondary N) is 1. The molecule has 0 aliphatic rings. The maximum absolute atomic E-state index is 12.0. The van der Waals surface area contributed by atoms with Crippen LogP contribution in [0.2, 0.25) is 0 Å². The van der Waals surface area contributed by atoms with Gasteiger partial charge in [-0.2, -0.15) is 0 Å². The summed E-state index contributed by atoms with van der Waals surface area (Å²) in [4.78, 5) is 27.8. The summed E-state index contributed by atoms with van der Waals surface area (Å²) in [6.45, 7) is 0.386. The fourth-order valence-corrected chi connectivity index (χ4v) is 3.63. The zero-order valence-corrected chi connectivity index (χ0v) is 15.1. The van der Waals surface area contributed by atoms with Gasteiger partial charge in [0.15, 0.2) is 6.61 Å². The Morgan fingerprint density at radius 1 is 1.15 bits per heavy atom. The van der Waals surface area contributed by atoms with E-state index in [1.54, 1.807) is 35.6 Å². The van der Waals surface area contributed by atoms with Gasteiger partial charge in [0.05, 0.1) is 15.2 Å². The number of hydrogen-bond acceptors (Lipinski definition) is 6. The number of ether oxygens (including phenoxy) is 1. The second-order valence-corrected chi connectivity index (χ2v) is 7.03. The molecule has 0 radical (unpaired) electrons. The molecule has 1 amide bonds. The molecule has 0 saturated carbocycles. The van der Waals surface area contributed by atoms with Crippen LogP contribution in [0.3, 0.4) is 0 Å². The first-order valence-corrected chi connectivity index (χ1v) is 9.27. The van der Waals surface area contributed by atoms with Crippen LogP contribution >= 0.6 is 11.3 Å². The van der Waals surface area contributed by atoms with Crippen molar-refractivity contribution in [2.75, 3.05) is 13.2 Å². The van der Waals surface area contributed by atoms with E-state index in [0.717, 1.165) is 20.6 Å². The highest BCUT2D eigenvalue weighted by molar-refractivity contribution is 7.18. The SMILES string of the molecule is O=C(COc1ccc2ccc(=O)oc2c1)NCCc1nc2ccccc2s1. The number of rotatable bonds is 6. The Labute approximate surface area is 158 Å². The van der Waals surface area contributed by atoms with Crippen molar-refractivity contribution < 1.29 is 13.9 Å². The van der Waals surface area contributed by atoms with E-state index in [2.05, 4.69) is 10.3 Å². The van der Waals surface area contributed by atoms with Crippen molar-refractivity contribution >= 4 is 38.4 Å². The van der Waals surface area contributed by atoms with Crippen LogP contribution in [0.25, 0.3) is 21.2 Å². The van der Waals surface area contributed by atoms with E-state index in [9.17, 15) is 9.59 Å². The van der Waals surface area contributed by atoms with Crippen LogP contribution in [0.5, 0.6) is 5.75 Å². The lowest BCUT2D eigenvalue weighted by molar-refractivity contribution is -0.123. The summed E-state index contributed by atoms with van der Waals surface area (Å²) < 4.78 is 11.7. The molecule has 1 N–H and O–H groups in total. The Balaban J connectivity index is 1.28. The van der Waals surface area contributed by atoms with E-state index >= 15 is 0 Å². The maximum atomic E-state index is 12.0. The third kappa shape index (κ3) is 4.15. The number of para-hydroxylation sites is 1. The first-order valence-electron chi connectivity index (χ1n) is 8.45. The number of nitrogens with zero attached hydrogens (tertiary/aromatic N) is 1. The molecule has 0 bridgehead atoms. The highest BCUT2D eigenvalue weighted by Crippen LogP contribution is 2.21. The fraction of sp³-hybridized carbons (Fsp3) is 0.150. The zero-order chi connectivity index (χ0) is 18.6. The lowest BCUT2D eigenvalue weighted by atomic mass is 10.2. The molecule has 0 spiro atoms. The third-order valence-electron chi connectivity index (χ3n) is 3.96. The van der Waals surface area contributed by atoms with Crippen LogP contribution in [0.4, 0.5) is 0 Å². The third-order valence-corrected chi connectivity index (χ3v) is 5.06. The second-order valence-electron chi connectivity index (χ2n) is 5.92. The second kappa shape index (κ2) is 7.59. The van der Waals surface area contributed by atoms with Gasteiger partial charge >= 0.3 is 5.63 Å². The van der Waals surface area contributed by atoms with Gasteiger partial charge in [0.2, 0.25) is 0 Å². The molecule has 7 heteroatoms. The van der Waals surface area contributed by atoms with Gasteiger partial charge in [-0.05, 0) is 30.3 Å². The molecule has 2 aromatic heterocycles. The molecule has 136 valence electrons. The largest absolute Gasteiger partial charge is 0.484 e. The van der Waals surface area contributed by atoms with Gasteiger partial charge in [-0.1, -0.05) is 12.1 Å². The number of carbonyl (C=O) groups excluding carboxylic acids is 1. The molecule has 2 heterocycles. The number of hydrogen-bond donors (Lipinski definition) is 1. The smallest absolute Gasteiger partial charge is 0.336 e. The van der Waals surface area contributed by atoms with Crippen molar-refractivity contribution in [2.24, 2.45) is 0 Å². The van der Waals surface area contributed by atoms with Crippen molar-refractivity contribution in [1.29, 1.82) is 0 Å². The zero-order valence-electron chi connectivity index (χ0n) is 14.3. The maximum Gasteiger partial charge on any atom is 0.336 e. The average molecular weight is 380 g/mol. The lowest BCUT2D eigenvalue weighted by Gasteiger charge is -2.07. The predicted molar refractivity (Wildman–Crippen MR) is 104 cm³/mol. The fourth-order valence-electron chi connectivity index (χ4n) is 2.67.